The molecule has 0 radical (unpaired) electrons. The molecular weight excluding hydrogens is 374 g/mol. The van der Waals surface area contributed by atoms with Crippen molar-refractivity contribution < 1.29 is 14.5 Å². The Kier molecular flexibility index (Phi) is 6.94. The van der Waals surface area contributed by atoms with Crippen LogP contribution in [-0.2, 0) is 10.3 Å². The summed E-state index contributed by atoms with van der Waals surface area (Å²) >= 11 is 0. The van der Waals surface area contributed by atoms with Crippen molar-refractivity contribution in [3.05, 3.63) is 5.89 Å². The predicted molar refractivity (Wildman–Crippen MR) is 104 cm³/mol. The number of carbonyl (C=O) groups excluding carboxylic acids is 1. The molecule has 0 saturated heterocycles. The maximum absolute atomic E-state index is 11.8. The largest absolute Gasteiger partial charge is 0.339 e. The van der Waals surface area contributed by atoms with E-state index in [2.05, 4.69) is 25.7 Å². The Morgan fingerprint density at radius 2 is 2.07 bits per heavy atom. The van der Waals surface area contributed by atoms with Gasteiger partial charge in [-0.05, 0) is 43.5 Å². The first kappa shape index (κ1) is 21.4. The summed E-state index contributed by atoms with van der Waals surface area (Å²) in [7, 11) is 0. The average molecular weight is 406 g/mol. The fraction of sp³-hybridized carbons (Fsp3) is 0.789. The van der Waals surface area contributed by atoms with Crippen LogP contribution in [0.5, 0.6) is 0 Å². The highest BCUT2D eigenvalue weighted by molar-refractivity contribution is 5.75. The van der Waals surface area contributed by atoms with Crippen LogP contribution in [0.25, 0.3) is 11.6 Å². The van der Waals surface area contributed by atoms with Crippen molar-refractivity contribution in [2.45, 2.75) is 90.0 Å². The van der Waals surface area contributed by atoms with Crippen LogP contribution < -0.4 is 5.48 Å². The molecule has 10 nitrogen and oxygen atoms in total. The fourth-order valence-electron chi connectivity index (χ4n) is 3.98. The average Bonchev–Trinajstić information content (AvgIpc) is 3.37. The molecule has 0 spiro atoms. The predicted octanol–water partition coefficient (Wildman–Crippen LogP) is 3.21. The summed E-state index contributed by atoms with van der Waals surface area (Å²) < 4.78 is 7.11. The summed E-state index contributed by atoms with van der Waals surface area (Å²) in [6.07, 6.45) is 9.51. The lowest BCUT2D eigenvalue weighted by Crippen LogP contribution is -2.24. The number of carbonyl (C=O) groups is 1. The Balaban J connectivity index is 1.71. The Bertz CT molecular complexity index is 790. The second-order valence-corrected chi connectivity index (χ2v) is 8.91. The van der Waals surface area contributed by atoms with Crippen LogP contribution in [0.1, 0.15) is 90.4 Å². The van der Waals surface area contributed by atoms with Crippen LogP contribution in [0.3, 0.4) is 0 Å². The van der Waals surface area contributed by atoms with Gasteiger partial charge in [0.05, 0.1) is 5.54 Å². The third kappa shape index (κ3) is 5.59. The zero-order valence-corrected chi connectivity index (χ0v) is 17.5. The van der Waals surface area contributed by atoms with E-state index in [1.54, 1.807) is 10.2 Å². The van der Waals surface area contributed by atoms with Gasteiger partial charge >= 0.3 is 0 Å². The quantitative estimate of drug-likeness (QED) is 0.505. The number of nitrogens with zero attached hydrogens (tertiary/aromatic N) is 6. The van der Waals surface area contributed by atoms with Crippen LogP contribution in [0, 0.1) is 5.92 Å². The Morgan fingerprint density at radius 1 is 1.31 bits per heavy atom. The molecule has 1 aliphatic carbocycles. The molecule has 1 saturated carbocycles. The number of amides is 1. The SMILES string of the molecule is CC(C)(C)n1nnnc1-c1noc([C@H](CCCC2CCCCC2)CC(=O)NO)n1. The van der Waals surface area contributed by atoms with Gasteiger partial charge in [-0.15, -0.1) is 5.10 Å². The molecule has 2 N–H and O–H groups in total. The topological polar surface area (TPSA) is 132 Å². The standard InChI is InChI=1S/C19H31N7O3/c1-19(2,3)26-17(21-24-25-26)16-20-18(29-23-16)14(12-15(27)22-28)11-7-10-13-8-5-4-6-9-13/h13-14,28H,4-12H2,1-3H3,(H,22,27)/t14-/m1/s1. The molecule has 29 heavy (non-hydrogen) atoms. The van der Waals surface area contributed by atoms with Crippen molar-refractivity contribution in [1.29, 1.82) is 0 Å². The number of hydrogen-bond donors (Lipinski definition) is 2. The minimum Gasteiger partial charge on any atom is -0.339 e. The summed E-state index contributed by atoms with van der Waals surface area (Å²) in [6.45, 7) is 5.94. The highest BCUT2D eigenvalue weighted by Crippen LogP contribution is 2.31. The maximum atomic E-state index is 11.8. The van der Waals surface area contributed by atoms with Gasteiger partial charge in [-0.1, -0.05) is 50.1 Å². The van der Waals surface area contributed by atoms with E-state index in [0.717, 1.165) is 25.2 Å². The van der Waals surface area contributed by atoms with E-state index in [0.29, 0.717) is 17.5 Å². The Morgan fingerprint density at radius 3 is 2.76 bits per heavy atom. The van der Waals surface area contributed by atoms with Crippen LogP contribution in [0.15, 0.2) is 4.52 Å². The molecule has 0 bridgehead atoms. The smallest absolute Gasteiger partial charge is 0.244 e. The lowest BCUT2D eigenvalue weighted by molar-refractivity contribution is -0.129. The first-order chi connectivity index (χ1) is 13.9. The van der Waals surface area contributed by atoms with Gasteiger partial charge in [0, 0.05) is 12.3 Å². The maximum Gasteiger partial charge on any atom is 0.244 e. The molecule has 1 amide bonds. The molecule has 160 valence electrons. The fourth-order valence-corrected chi connectivity index (χ4v) is 3.98. The molecule has 10 heteroatoms. The second kappa shape index (κ2) is 9.43. The lowest BCUT2D eigenvalue weighted by atomic mass is 9.84. The third-order valence-electron chi connectivity index (χ3n) is 5.54. The summed E-state index contributed by atoms with van der Waals surface area (Å²) in [5.41, 5.74) is 1.37. The molecule has 0 aliphatic heterocycles. The van der Waals surface area contributed by atoms with Gasteiger partial charge in [-0.25, -0.2) is 10.2 Å². The summed E-state index contributed by atoms with van der Waals surface area (Å²) in [4.78, 5) is 16.3. The van der Waals surface area contributed by atoms with Crippen molar-refractivity contribution in [2.24, 2.45) is 5.92 Å². The van der Waals surface area contributed by atoms with E-state index in [-0.39, 0.29) is 17.9 Å². The summed E-state index contributed by atoms with van der Waals surface area (Å²) in [5, 5.41) is 24.8. The van der Waals surface area contributed by atoms with Gasteiger partial charge in [0.15, 0.2) is 0 Å². The highest BCUT2D eigenvalue weighted by atomic mass is 16.5. The Hall–Kier alpha value is -2.36. The van der Waals surface area contributed by atoms with E-state index < -0.39 is 5.91 Å². The van der Waals surface area contributed by atoms with Crippen molar-refractivity contribution in [3.8, 4) is 11.6 Å². The lowest BCUT2D eigenvalue weighted by Gasteiger charge is -2.22. The van der Waals surface area contributed by atoms with Gasteiger partial charge in [0.25, 0.3) is 0 Å². The normalized spacial score (nSPS) is 16.7. The molecule has 2 heterocycles. The number of aromatic nitrogens is 6. The van der Waals surface area contributed by atoms with E-state index in [4.69, 9.17) is 9.73 Å². The molecule has 2 aromatic heterocycles. The van der Waals surface area contributed by atoms with Crippen LogP contribution in [-0.4, -0.2) is 41.5 Å². The summed E-state index contributed by atoms with van der Waals surface area (Å²) in [6, 6.07) is 0. The molecule has 1 aliphatic rings. The van der Waals surface area contributed by atoms with Crippen molar-refractivity contribution >= 4 is 5.91 Å². The van der Waals surface area contributed by atoms with E-state index >= 15 is 0 Å². The monoisotopic (exact) mass is 405 g/mol. The molecule has 2 aromatic rings. The van der Waals surface area contributed by atoms with Gasteiger partial charge in [-0.2, -0.15) is 4.98 Å². The third-order valence-corrected chi connectivity index (χ3v) is 5.54. The van der Waals surface area contributed by atoms with E-state index in [9.17, 15) is 4.79 Å². The molecular formula is C19H31N7O3. The first-order valence-corrected chi connectivity index (χ1v) is 10.4. The van der Waals surface area contributed by atoms with Crippen molar-refractivity contribution in [3.63, 3.8) is 0 Å². The summed E-state index contributed by atoms with van der Waals surface area (Å²) in [5.74, 6) is 1.13. The van der Waals surface area contributed by atoms with Crippen LogP contribution in [0.2, 0.25) is 0 Å². The molecule has 1 atom stereocenters. The van der Waals surface area contributed by atoms with Crippen molar-refractivity contribution in [1.82, 2.24) is 35.8 Å². The van der Waals surface area contributed by atoms with E-state index in [1.807, 2.05) is 20.8 Å². The zero-order valence-electron chi connectivity index (χ0n) is 17.5. The van der Waals surface area contributed by atoms with Gasteiger partial charge in [0.2, 0.25) is 23.4 Å². The second-order valence-electron chi connectivity index (χ2n) is 8.91. The van der Waals surface area contributed by atoms with Gasteiger partial charge in [-0.3, -0.25) is 10.0 Å². The molecule has 0 aromatic carbocycles. The number of tetrazole rings is 1. The van der Waals surface area contributed by atoms with Gasteiger partial charge < -0.3 is 4.52 Å². The number of hydrogen-bond acceptors (Lipinski definition) is 8. The highest BCUT2D eigenvalue weighted by Gasteiger charge is 2.27. The van der Waals surface area contributed by atoms with Crippen LogP contribution >= 0.6 is 0 Å². The minimum absolute atomic E-state index is 0.0903. The molecule has 0 unspecified atom stereocenters. The van der Waals surface area contributed by atoms with Crippen LogP contribution in [0.4, 0.5) is 0 Å². The minimum atomic E-state index is -0.466. The van der Waals surface area contributed by atoms with Gasteiger partial charge in [0.1, 0.15) is 0 Å². The zero-order chi connectivity index (χ0) is 20.9. The molecule has 1 fully saturated rings. The number of hydroxylamine groups is 1. The Labute approximate surface area is 170 Å². The first-order valence-electron chi connectivity index (χ1n) is 10.4. The number of rotatable bonds is 8. The number of nitrogens with one attached hydrogen (secondary N) is 1. The molecule has 3 rings (SSSR count). The van der Waals surface area contributed by atoms with Crippen molar-refractivity contribution in [2.75, 3.05) is 0 Å². The van der Waals surface area contributed by atoms with E-state index in [1.165, 1.54) is 32.1 Å².